The normalized spacial score (nSPS) is 10.3. The van der Waals surface area contributed by atoms with E-state index >= 15 is 0 Å². The first-order valence-electron chi connectivity index (χ1n) is 3.10. The molecule has 0 rings (SSSR count). The molecule has 0 atom stereocenters. The van der Waals surface area contributed by atoms with E-state index in [1.54, 1.807) is 0 Å². The summed E-state index contributed by atoms with van der Waals surface area (Å²) >= 11 is 0. The van der Waals surface area contributed by atoms with Gasteiger partial charge >= 0.3 is 5.97 Å². The number of unbranched alkanes of at least 4 members (excludes halogenated alkanes) is 1. The lowest BCUT2D eigenvalue weighted by Gasteiger charge is -1.88. The minimum atomic E-state index is -0.709. The Morgan fingerprint density at radius 1 is 1.67 bits per heavy atom. The van der Waals surface area contributed by atoms with Crippen LogP contribution in [0.4, 0.5) is 0 Å². The molecule has 0 aromatic heterocycles. The number of hydrogen-bond donors (Lipinski definition) is 1. The summed E-state index contributed by atoms with van der Waals surface area (Å²) in [6, 6.07) is 0. The van der Waals surface area contributed by atoms with E-state index in [9.17, 15) is 4.79 Å². The van der Waals surface area contributed by atoms with Gasteiger partial charge in [0.2, 0.25) is 0 Å². The summed E-state index contributed by atoms with van der Waals surface area (Å²) in [6.07, 6.45) is 5.82. The summed E-state index contributed by atoms with van der Waals surface area (Å²) in [5.74, 6) is -0.709. The highest BCUT2D eigenvalue weighted by Gasteiger charge is 1.92. The van der Waals surface area contributed by atoms with Gasteiger partial charge in [0.15, 0.2) is 0 Å². The van der Waals surface area contributed by atoms with Crippen LogP contribution in [-0.4, -0.2) is 11.1 Å². The molecule has 9 heavy (non-hydrogen) atoms. The molecular weight excluding hydrogens is 116 g/mol. The molecule has 0 saturated heterocycles. The zero-order valence-corrected chi connectivity index (χ0v) is 5.63. The van der Waals surface area contributed by atoms with Crippen LogP contribution >= 0.6 is 0 Å². The molecule has 0 unspecified atom stereocenters. The van der Waals surface area contributed by atoms with Crippen LogP contribution in [0.25, 0.3) is 0 Å². The summed E-state index contributed by atoms with van der Waals surface area (Å²) in [5.41, 5.74) is 0. The average Bonchev–Trinajstić information content (AvgIpc) is 1.80. The molecule has 2 heteroatoms. The van der Waals surface area contributed by atoms with Gasteiger partial charge in [-0.1, -0.05) is 12.2 Å². The second-order valence-electron chi connectivity index (χ2n) is 1.86. The van der Waals surface area contributed by atoms with Crippen LogP contribution in [0.1, 0.15) is 26.2 Å². The average molecular weight is 128 g/mol. The van der Waals surface area contributed by atoms with Gasteiger partial charge in [0.05, 0.1) is 0 Å². The lowest BCUT2D eigenvalue weighted by atomic mass is 10.2. The topological polar surface area (TPSA) is 37.3 Å². The predicted molar refractivity (Wildman–Crippen MR) is 36.3 cm³/mol. The molecule has 1 N–H and O–H groups in total. The Balaban J connectivity index is 3.01. The highest BCUT2D eigenvalue weighted by molar-refractivity contribution is 5.66. The molecule has 0 radical (unpaired) electrons. The number of carboxylic acid groups (broad SMARTS) is 1. The molecule has 0 bridgehead atoms. The summed E-state index contributed by atoms with van der Waals surface area (Å²) < 4.78 is 0. The number of hydrogen-bond acceptors (Lipinski definition) is 1. The van der Waals surface area contributed by atoms with Crippen molar-refractivity contribution < 1.29 is 9.90 Å². The fraction of sp³-hybridized carbons (Fsp3) is 0.571. The zero-order chi connectivity index (χ0) is 7.11. The quantitative estimate of drug-likeness (QED) is 0.463. The fourth-order valence-electron chi connectivity index (χ4n) is 0.538. The van der Waals surface area contributed by atoms with Crippen LogP contribution in [0.2, 0.25) is 0 Å². The van der Waals surface area contributed by atoms with E-state index in [4.69, 9.17) is 5.11 Å². The molecular formula is C7H12O2. The molecule has 2 nitrogen and oxygen atoms in total. The van der Waals surface area contributed by atoms with Gasteiger partial charge in [0, 0.05) is 6.42 Å². The number of allylic oxidation sites excluding steroid dienone is 2. The lowest BCUT2D eigenvalue weighted by molar-refractivity contribution is -0.137. The van der Waals surface area contributed by atoms with Crippen molar-refractivity contribution in [1.82, 2.24) is 0 Å². The number of carboxylic acids is 1. The molecule has 0 aromatic rings. The number of rotatable bonds is 4. The first-order valence-corrected chi connectivity index (χ1v) is 3.10. The van der Waals surface area contributed by atoms with Crippen molar-refractivity contribution in [3.05, 3.63) is 12.2 Å². The fourth-order valence-corrected chi connectivity index (χ4v) is 0.538. The van der Waals surface area contributed by atoms with Crippen LogP contribution in [0.15, 0.2) is 12.2 Å². The molecule has 0 aliphatic heterocycles. The molecule has 0 saturated carbocycles. The minimum absolute atomic E-state index is 0.282. The second kappa shape index (κ2) is 5.35. The molecule has 52 valence electrons. The summed E-state index contributed by atoms with van der Waals surface area (Å²) in [5, 5.41) is 8.19. The van der Waals surface area contributed by atoms with Gasteiger partial charge in [-0.2, -0.15) is 0 Å². The van der Waals surface area contributed by atoms with Crippen molar-refractivity contribution in [2.45, 2.75) is 26.2 Å². The van der Waals surface area contributed by atoms with E-state index in [0.717, 1.165) is 12.8 Å². The van der Waals surface area contributed by atoms with Gasteiger partial charge < -0.3 is 5.11 Å². The highest BCUT2D eigenvalue weighted by Crippen LogP contribution is 1.95. The van der Waals surface area contributed by atoms with Crippen LogP contribution in [0.5, 0.6) is 0 Å². The van der Waals surface area contributed by atoms with Crippen LogP contribution < -0.4 is 0 Å². The lowest BCUT2D eigenvalue weighted by Crippen LogP contribution is -1.92. The van der Waals surface area contributed by atoms with Gasteiger partial charge in [-0.3, -0.25) is 4.79 Å². The smallest absolute Gasteiger partial charge is 0.303 e. The third-order valence-corrected chi connectivity index (χ3v) is 0.997. The van der Waals surface area contributed by atoms with Crippen molar-refractivity contribution in [2.24, 2.45) is 0 Å². The van der Waals surface area contributed by atoms with Gasteiger partial charge in [-0.15, -0.1) is 0 Å². The minimum Gasteiger partial charge on any atom is -0.481 e. The van der Waals surface area contributed by atoms with E-state index in [-0.39, 0.29) is 6.42 Å². The van der Waals surface area contributed by atoms with Crippen LogP contribution in [-0.2, 0) is 4.79 Å². The number of aliphatic carboxylic acids is 1. The molecule has 0 aliphatic rings. The summed E-state index contributed by atoms with van der Waals surface area (Å²) in [6.45, 7) is 1.93. The van der Waals surface area contributed by atoms with Crippen molar-refractivity contribution in [3.8, 4) is 0 Å². The van der Waals surface area contributed by atoms with E-state index in [1.807, 2.05) is 19.1 Å². The van der Waals surface area contributed by atoms with Gasteiger partial charge in [0.25, 0.3) is 0 Å². The van der Waals surface area contributed by atoms with Crippen LogP contribution in [0, 0.1) is 0 Å². The maximum atomic E-state index is 9.94. The van der Waals surface area contributed by atoms with Crippen LogP contribution in [0.3, 0.4) is 0 Å². The third kappa shape index (κ3) is 7.21. The van der Waals surface area contributed by atoms with Crippen molar-refractivity contribution in [2.75, 3.05) is 0 Å². The van der Waals surface area contributed by atoms with E-state index in [2.05, 4.69) is 0 Å². The molecule has 0 fully saturated rings. The second-order valence-corrected chi connectivity index (χ2v) is 1.86. The number of carbonyl (C=O) groups is 1. The van der Waals surface area contributed by atoms with E-state index in [0.29, 0.717) is 0 Å². The molecule has 0 aliphatic carbocycles. The van der Waals surface area contributed by atoms with Crippen molar-refractivity contribution >= 4 is 5.97 Å². The monoisotopic (exact) mass is 128 g/mol. The Morgan fingerprint density at radius 2 is 2.33 bits per heavy atom. The first-order chi connectivity index (χ1) is 4.27. The maximum absolute atomic E-state index is 9.94. The Hall–Kier alpha value is -0.790. The largest absolute Gasteiger partial charge is 0.481 e. The molecule has 0 heterocycles. The molecule has 0 spiro atoms. The van der Waals surface area contributed by atoms with Crippen molar-refractivity contribution in [1.29, 1.82) is 0 Å². The standard InChI is InChI=1S/C7H12O2/c1-2-3-4-5-6-7(8)9/h2-3H,4-6H2,1H3,(H,8,9). The molecule has 0 aromatic carbocycles. The van der Waals surface area contributed by atoms with E-state index in [1.165, 1.54) is 0 Å². The Labute approximate surface area is 55.2 Å². The van der Waals surface area contributed by atoms with Crippen molar-refractivity contribution in [3.63, 3.8) is 0 Å². The first kappa shape index (κ1) is 8.21. The SMILES string of the molecule is CC=CCCCC(=O)O. The van der Waals surface area contributed by atoms with Gasteiger partial charge in [-0.05, 0) is 19.8 Å². The highest BCUT2D eigenvalue weighted by atomic mass is 16.4. The summed E-state index contributed by atoms with van der Waals surface area (Å²) in [4.78, 5) is 9.94. The Kier molecular flexibility index (Phi) is 4.88. The third-order valence-electron chi connectivity index (χ3n) is 0.997. The Bertz CT molecular complexity index is 105. The Morgan fingerprint density at radius 3 is 2.78 bits per heavy atom. The van der Waals surface area contributed by atoms with Gasteiger partial charge in [-0.25, -0.2) is 0 Å². The molecule has 0 amide bonds. The predicted octanol–water partition coefficient (Wildman–Crippen LogP) is 1.82. The van der Waals surface area contributed by atoms with E-state index < -0.39 is 5.97 Å². The maximum Gasteiger partial charge on any atom is 0.303 e. The summed E-state index contributed by atoms with van der Waals surface area (Å²) in [7, 11) is 0. The van der Waals surface area contributed by atoms with Gasteiger partial charge in [0.1, 0.15) is 0 Å². The zero-order valence-electron chi connectivity index (χ0n) is 5.63.